The molecule has 166 valence electrons. The summed E-state index contributed by atoms with van der Waals surface area (Å²) in [7, 11) is 0. The number of halogens is 2. The van der Waals surface area contributed by atoms with Gasteiger partial charge >= 0.3 is 0 Å². The van der Waals surface area contributed by atoms with E-state index >= 15 is 0 Å². The normalized spacial score (nSPS) is 13.9. The van der Waals surface area contributed by atoms with Crippen molar-refractivity contribution < 1.29 is 9.59 Å². The van der Waals surface area contributed by atoms with Crippen molar-refractivity contribution in [3.63, 3.8) is 0 Å². The molecule has 6 nitrogen and oxygen atoms in total. The van der Waals surface area contributed by atoms with Gasteiger partial charge in [0.05, 0.1) is 27.9 Å². The van der Waals surface area contributed by atoms with E-state index in [2.05, 4.69) is 16.4 Å². The molecule has 0 unspecified atom stereocenters. The largest absolute Gasteiger partial charge is 0.339 e. The van der Waals surface area contributed by atoms with Crippen LogP contribution in [0, 0.1) is 11.3 Å². The number of nitrogens with zero attached hydrogens (tertiary/aromatic N) is 3. The quantitative estimate of drug-likeness (QED) is 0.499. The predicted octanol–water partition coefficient (Wildman–Crippen LogP) is 5.53. The molecule has 1 aromatic heterocycles. The average Bonchev–Trinajstić information content (AvgIpc) is 2.85. The molecule has 1 aliphatic heterocycles. The molecule has 2 heterocycles. The first kappa shape index (κ1) is 22.8. The zero-order valence-electron chi connectivity index (χ0n) is 17.6. The molecule has 1 N–H and O–H groups in total. The molecule has 1 aliphatic rings. The molecule has 0 radical (unpaired) electrons. The Bertz CT molecular complexity index is 1210. The minimum atomic E-state index is -0.395. The van der Waals surface area contributed by atoms with Crippen LogP contribution in [-0.2, 0) is 0 Å². The van der Waals surface area contributed by atoms with Crippen LogP contribution in [0.25, 0.3) is 0 Å². The standard InChI is InChI=1S/C25H20Cl2N4O2/c26-21-7-5-19(13-22(21)30-24(32)20-6-8-23(27)29-15-20)25(33)31-11-9-18(10-12-31)17-3-1-16(14-28)2-4-17/h1-8,13,15,18H,9-12H2,(H,30,32). The number of anilines is 1. The molecule has 2 aromatic carbocycles. The number of nitrogens with one attached hydrogen (secondary N) is 1. The molecule has 0 aliphatic carbocycles. The van der Waals surface area contributed by atoms with Gasteiger partial charge in [0.15, 0.2) is 0 Å². The number of nitriles is 1. The van der Waals surface area contributed by atoms with Gasteiger partial charge in [0.25, 0.3) is 11.8 Å². The summed E-state index contributed by atoms with van der Waals surface area (Å²) in [6.07, 6.45) is 3.06. The van der Waals surface area contributed by atoms with E-state index in [1.165, 1.54) is 17.8 Å². The topological polar surface area (TPSA) is 86.1 Å². The van der Waals surface area contributed by atoms with Crippen LogP contribution < -0.4 is 5.32 Å². The Morgan fingerprint density at radius 1 is 1.00 bits per heavy atom. The van der Waals surface area contributed by atoms with Crippen LogP contribution in [-0.4, -0.2) is 34.8 Å². The first-order valence-electron chi connectivity index (χ1n) is 10.5. The Morgan fingerprint density at radius 2 is 1.70 bits per heavy atom. The van der Waals surface area contributed by atoms with E-state index in [1.807, 2.05) is 29.2 Å². The number of carbonyl (C=O) groups excluding carboxylic acids is 2. The van der Waals surface area contributed by atoms with Crippen molar-refractivity contribution in [2.75, 3.05) is 18.4 Å². The number of amides is 2. The smallest absolute Gasteiger partial charge is 0.257 e. The van der Waals surface area contributed by atoms with E-state index in [1.54, 1.807) is 24.3 Å². The second-order valence-corrected chi connectivity index (χ2v) is 8.61. The summed E-state index contributed by atoms with van der Waals surface area (Å²) in [5.74, 6) is -0.141. The fourth-order valence-corrected chi connectivity index (χ4v) is 4.16. The van der Waals surface area contributed by atoms with Crippen molar-refractivity contribution in [3.8, 4) is 6.07 Å². The van der Waals surface area contributed by atoms with E-state index in [0.717, 1.165) is 12.8 Å². The van der Waals surface area contributed by atoms with E-state index in [0.29, 0.717) is 51.6 Å². The van der Waals surface area contributed by atoms with Crippen molar-refractivity contribution in [1.29, 1.82) is 5.26 Å². The van der Waals surface area contributed by atoms with Crippen LogP contribution in [0.1, 0.15) is 50.6 Å². The maximum absolute atomic E-state index is 13.1. The molecule has 33 heavy (non-hydrogen) atoms. The summed E-state index contributed by atoms with van der Waals surface area (Å²) in [5.41, 5.74) is 2.98. The summed E-state index contributed by atoms with van der Waals surface area (Å²) in [6, 6.07) is 17.7. The van der Waals surface area contributed by atoms with Crippen molar-refractivity contribution in [2.45, 2.75) is 18.8 Å². The lowest BCUT2D eigenvalue weighted by molar-refractivity contribution is 0.0712. The first-order valence-corrected chi connectivity index (χ1v) is 11.2. The van der Waals surface area contributed by atoms with Gasteiger partial charge in [0.1, 0.15) is 5.15 Å². The van der Waals surface area contributed by atoms with Crippen LogP contribution in [0.5, 0.6) is 0 Å². The second kappa shape index (κ2) is 10.0. The Labute approximate surface area is 201 Å². The summed E-state index contributed by atoms with van der Waals surface area (Å²) >= 11 is 12.0. The SMILES string of the molecule is N#Cc1ccc(C2CCN(C(=O)c3ccc(Cl)c(NC(=O)c4ccc(Cl)nc4)c3)CC2)cc1. The van der Waals surface area contributed by atoms with Gasteiger partial charge in [-0.25, -0.2) is 4.98 Å². The molecule has 1 fully saturated rings. The number of likely N-dealkylation sites (tertiary alicyclic amines) is 1. The van der Waals surface area contributed by atoms with Crippen molar-refractivity contribution in [3.05, 3.63) is 93.2 Å². The van der Waals surface area contributed by atoms with Gasteiger partial charge in [0, 0.05) is 24.8 Å². The van der Waals surface area contributed by atoms with E-state index in [4.69, 9.17) is 28.5 Å². The molecule has 0 bridgehead atoms. The second-order valence-electron chi connectivity index (χ2n) is 7.82. The van der Waals surface area contributed by atoms with Gasteiger partial charge in [-0.2, -0.15) is 5.26 Å². The molecule has 8 heteroatoms. The lowest BCUT2D eigenvalue weighted by atomic mass is 9.89. The third-order valence-electron chi connectivity index (χ3n) is 5.74. The van der Waals surface area contributed by atoms with E-state index in [-0.39, 0.29) is 5.91 Å². The highest BCUT2D eigenvalue weighted by atomic mass is 35.5. The van der Waals surface area contributed by atoms with Crippen molar-refractivity contribution >= 4 is 40.7 Å². The number of aromatic nitrogens is 1. The number of pyridine rings is 1. The number of benzene rings is 2. The van der Waals surface area contributed by atoms with E-state index < -0.39 is 5.91 Å². The van der Waals surface area contributed by atoms with Crippen LogP contribution >= 0.6 is 23.2 Å². The summed E-state index contributed by atoms with van der Waals surface area (Å²) in [4.78, 5) is 31.3. The predicted molar refractivity (Wildman–Crippen MR) is 128 cm³/mol. The Hall–Kier alpha value is -3.40. The van der Waals surface area contributed by atoms with Gasteiger partial charge in [-0.05, 0) is 66.8 Å². The van der Waals surface area contributed by atoms with Gasteiger partial charge in [-0.15, -0.1) is 0 Å². The molecular formula is C25H20Cl2N4O2. The Kier molecular flexibility index (Phi) is 6.93. The summed E-state index contributed by atoms with van der Waals surface area (Å²) in [5, 5.41) is 12.3. The van der Waals surface area contributed by atoms with Crippen LogP contribution in [0.3, 0.4) is 0 Å². The first-order chi connectivity index (χ1) is 15.9. The van der Waals surface area contributed by atoms with Gasteiger partial charge in [-0.1, -0.05) is 35.3 Å². The molecule has 1 saturated heterocycles. The summed E-state index contributed by atoms with van der Waals surface area (Å²) in [6.45, 7) is 1.26. The molecular weight excluding hydrogens is 459 g/mol. The number of piperidine rings is 1. The van der Waals surface area contributed by atoms with Gasteiger partial charge < -0.3 is 10.2 Å². The average molecular weight is 479 g/mol. The van der Waals surface area contributed by atoms with Crippen molar-refractivity contribution in [2.24, 2.45) is 0 Å². The Balaban J connectivity index is 1.42. The van der Waals surface area contributed by atoms with Crippen LogP contribution in [0.2, 0.25) is 10.2 Å². The third kappa shape index (κ3) is 5.33. The minimum absolute atomic E-state index is 0.103. The van der Waals surface area contributed by atoms with Crippen LogP contribution in [0.15, 0.2) is 60.8 Å². The van der Waals surface area contributed by atoms with Gasteiger partial charge in [-0.3, -0.25) is 9.59 Å². The zero-order valence-corrected chi connectivity index (χ0v) is 19.1. The third-order valence-corrected chi connectivity index (χ3v) is 6.30. The molecule has 0 saturated carbocycles. The fourth-order valence-electron chi connectivity index (χ4n) is 3.89. The van der Waals surface area contributed by atoms with E-state index in [9.17, 15) is 9.59 Å². The molecule has 2 amide bonds. The number of hydrogen-bond acceptors (Lipinski definition) is 4. The summed E-state index contributed by atoms with van der Waals surface area (Å²) < 4.78 is 0. The highest BCUT2D eigenvalue weighted by molar-refractivity contribution is 6.34. The maximum atomic E-state index is 13.1. The number of carbonyl (C=O) groups is 2. The van der Waals surface area contributed by atoms with Crippen LogP contribution in [0.4, 0.5) is 5.69 Å². The lowest BCUT2D eigenvalue weighted by Gasteiger charge is -2.32. The number of hydrogen-bond donors (Lipinski definition) is 1. The zero-order chi connectivity index (χ0) is 23.4. The highest BCUT2D eigenvalue weighted by Gasteiger charge is 2.25. The molecule has 3 aromatic rings. The Morgan fingerprint density at radius 3 is 2.33 bits per heavy atom. The maximum Gasteiger partial charge on any atom is 0.257 e. The van der Waals surface area contributed by atoms with Crippen molar-refractivity contribution in [1.82, 2.24) is 9.88 Å². The van der Waals surface area contributed by atoms with Gasteiger partial charge in [0.2, 0.25) is 0 Å². The molecule has 0 spiro atoms. The highest BCUT2D eigenvalue weighted by Crippen LogP contribution is 2.30. The molecule has 4 rings (SSSR count). The monoisotopic (exact) mass is 478 g/mol. The minimum Gasteiger partial charge on any atom is -0.339 e. The lowest BCUT2D eigenvalue weighted by Crippen LogP contribution is -2.38. The fraction of sp³-hybridized carbons (Fsp3) is 0.200. The number of rotatable bonds is 4. The molecule has 0 atom stereocenters.